The summed E-state index contributed by atoms with van der Waals surface area (Å²) in [6.07, 6.45) is 2.41. The maximum absolute atomic E-state index is 5.72. The molecule has 0 aliphatic carbocycles. The molecule has 0 saturated carbocycles. The average molecular weight is 209 g/mol. The molecule has 0 radical (unpaired) electrons. The van der Waals surface area contributed by atoms with Crippen LogP contribution in [-0.2, 0) is 6.54 Å². The van der Waals surface area contributed by atoms with Crippen LogP contribution >= 0.6 is 0 Å². The van der Waals surface area contributed by atoms with Crippen molar-refractivity contribution in [3.63, 3.8) is 0 Å². The monoisotopic (exact) mass is 209 g/mol. The van der Waals surface area contributed by atoms with Crippen molar-refractivity contribution < 1.29 is 4.52 Å². The van der Waals surface area contributed by atoms with Crippen LogP contribution in [0.3, 0.4) is 0 Å². The largest absolute Gasteiger partial charge is 0.360 e. The first-order valence-electron chi connectivity index (χ1n) is 5.56. The smallest absolute Gasteiger partial charge is 0.145 e. The highest BCUT2D eigenvalue weighted by Gasteiger charge is 2.25. The van der Waals surface area contributed by atoms with Crippen molar-refractivity contribution in [1.82, 2.24) is 10.1 Å². The number of piperidine rings is 1. The molecule has 1 fully saturated rings. The van der Waals surface area contributed by atoms with Crippen LogP contribution in [0.25, 0.3) is 0 Å². The third-order valence-corrected chi connectivity index (χ3v) is 3.21. The van der Waals surface area contributed by atoms with Crippen molar-refractivity contribution in [3.05, 3.63) is 17.0 Å². The van der Waals surface area contributed by atoms with Crippen LogP contribution in [0, 0.1) is 6.92 Å². The summed E-state index contributed by atoms with van der Waals surface area (Å²) in [7, 11) is 2.15. The molecule has 1 unspecified atom stereocenters. The lowest BCUT2D eigenvalue weighted by Gasteiger charge is -2.28. The van der Waals surface area contributed by atoms with Gasteiger partial charge in [0.2, 0.25) is 0 Å². The average Bonchev–Trinajstić information content (AvgIpc) is 2.59. The number of aromatic nitrogens is 1. The van der Waals surface area contributed by atoms with Crippen molar-refractivity contribution in [2.75, 3.05) is 20.1 Å². The number of rotatable bonds is 2. The molecule has 2 N–H and O–H groups in total. The fourth-order valence-corrected chi connectivity index (χ4v) is 2.36. The summed E-state index contributed by atoms with van der Waals surface area (Å²) in [6.45, 7) is 4.73. The second-order valence-corrected chi connectivity index (χ2v) is 4.42. The van der Waals surface area contributed by atoms with Crippen molar-refractivity contribution in [2.45, 2.75) is 32.2 Å². The molecule has 2 heterocycles. The fourth-order valence-electron chi connectivity index (χ4n) is 2.36. The van der Waals surface area contributed by atoms with Crippen molar-refractivity contribution in [2.24, 2.45) is 5.73 Å². The molecule has 0 spiro atoms. The normalized spacial score (nSPS) is 23.3. The topological polar surface area (TPSA) is 55.3 Å². The van der Waals surface area contributed by atoms with Crippen LogP contribution in [0.5, 0.6) is 0 Å². The molecule has 1 aliphatic heterocycles. The quantitative estimate of drug-likeness (QED) is 0.796. The molecule has 1 atom stereocenters. The van der Waals surface area contributed by atoms with E-state index in [2.05, 4.69) is 17.1 Å². The van der Waals surface area contributed by atoms with Crippen LogP contribution in [0.1, 0.15) is 35.8 Å². The Morgan fingerprint density at radius 2 is 2.40 bits per heavy atom. The maximum atomic E-state index is 5.72. The summed E-state index contributed by atoms with van der Waals surface area (Å²) in [5, 5.41) is 4.01. The van der Waals surface area contributed by atoms with E-state index in [4.69, 9.17) is 10.3 Å². The SMILES string of the molecule is Cc1noc(C2CCCN(C)C2)c1CN. The number of nitrogens with two attached hydrogens (primary N) is 1. The lowest BCUT2D eigenvalue weighted by Crippen LogP contribution is -2.31. The predicted octanol–water partition coefficient (Wildman–Crippen LogP) is 1.25. The van der Waals surface area contributed by atoms with Gasteiger partial charge >= 0.3 is 0 Å². The molecule has 84 valence electrons. The van der Waals surface area contributed by atoms with Gasteiger partial charge in [0.15, 0.2) is 0 Å². The third-order valence-electron chi connectivity index (χ3n) is 3.21. The Balaban J connectivity index is 2.20. The number of likely N-dealkylation sites (tertiary alicyclic amines) is 1. The summed E-state index contributed by atoms with van der Waals surface area (Å²) >= 11 is 0. The van der Waals surface area contributed by atoms with Gasteiger partial charge in [-0.2, -0.15) is 0 Å². The zero-order valence-electron chi connectivity index (χ0n) is 9.49. The Labute approximate surface area is 90.4 Å². The van der Waals surface area contributed by atoms with E-state index < -0.39 is 0 Å². The minimum absolute atomic E-state index is 0.475. The maximum Gasteiger partial charge on any atom is 0.145 e. The Morgan fingerprint density at radius 1 is 1.60 bits per heavy atom. The van der Waals surface area contributed by atoms with Crippen LogP contribution < -0.4 is 5.73 Å². The molecule has 1 saturated heterocycles. The van der Waals surface area contributed by atoms with Gasteiger partial charge in [0.25, 0.3) is 0 Å². The Morgan fingerprint density at radius 3 is 3.07 bits per heavy atom. The molecule has 2 rings (SSSR count). The summed E-state index contributed by atoms with van der Waals surface area (Å²) < 4.78 is 5.42. The second kappa shape index (κ2) is 4.33. The van der Waals surface area contributed by atoms with E-state index >= 15 is 0 Å². The molecule has 0 aromatic carbocycles. The summed E-state index contributed by atoms with van der Waals surface area (Å²) in [4.78, 5) is 2.34. The highest BCUT2D eigenvalue weighted by Crippen LogP contribution is 2.29. The van der Waals surface area contributed by atoms with E-state index in [1.165, 1.54) is 19.4 Å². The molecule has 15 heavy (non-hydrogen) atoms. The molecular weight excluding hydrogens is 190 g/mol. The number of nitrogens with zero attached hydrogens (tertiary/aromatic N) is 2. The standard InChI is InChI=1S/C11H19N3O/c1-8-10(6-12)11(15-13-8)9-4-3-5-14(2)7-9/h9H,3-7,12H2,1-2H3. The number of hydrogen-bond donors (Lipinski definition) is 1. The number of hydrogen-bond acceptors (Lipinski definition) is 4. The first-order chi connectivity index (χ1) is 7.22. The van der Waals surface area contributed by atoms with Gasteiger partial charge in [0.1, 0.15) is 5.76 Å². The van der Waals surface area contributed by atoms with Gasteiger partial charge in [-0.1, -0.05) is 5.16 Å². The van der Waals surface area contributed by atoms with Gasteiger partial charge < -0.3 is 15.2 Å². The fraction of sp³-hybridized carbons (Fsp3) is 0.727. The van der Waals surface area contributed by atoms with E-state index in [9.17, 15) is 0 Å². The van der Waals surface area contributed by atoms with Gasteiger partial charge in [-0.05, 0) is 33.4 Å². The third kappa shape index (κ3) is 2.06. The highest BCUT2D eigenvalue weighted by molar-refractivity contribution is 5.25. The lowest BCUT2D eigenvalue weighted by molar-refractivity contribution is 0.223. The number of likely N-dealkylation sites (N-methyl/N-ethyl adjacent to an activating group) is 1. The molecule has 4 nitrogen and oxygen atoms in total. The second-order valence-electron chi connectivity index (χ2n) is 4.42. The molecule has 4 heteroatoms. The van der Waals surface area contributed by atoms with E-state index in [1.54, 1.807) is 0 Å². The van der Waals surface area contributed by atoms with E-state index in [0.717, 1.165) is 23.6 Å². The molecule has 0 bridgehead atoms. The Hall–Kier alpha value is -0.870. The first-order valence-corrected chi connectivity index (χ1v) is 5.56. The molecule has 1 aromatic heterocycles. The van der Waals surface area contributed by atoms with E-state index in [0.29, 0.717) is 12.5 Å². The summed E-state index contributed by atoms with van der Waals surface area (Å²) in [5.74, 6) is 1.49. The lowest BCUT2D eigenvalue weighted by atomic mass is 9.93. The predicted molar refractivity (Wildman–Crippen MR) is 58.6 cm³/mol. The summed E-state index contributed by atoms with van der Waals surface area (Å²) in [6, 6.07) is 0. The van der Waals surface area contributed by atoms with Crippen LogP contribution in [0.15, 0.2) is 4.52 Å². The van der Waals surface area contributed by atoms with E-state index in [1.807, 2.05) is 6.92 Å². The molecule has 0 amide bonds. The molecule has 1 aromatic rings. The minimum atomic E-state index is 0.475. The van der Waals surface area contributed by atoms with Gasteiger partial charge in [-0.25, -0.2) is 0 Å². The van der Waals surface area contributed by atoms with Crippen molar-refractivity contribution >= 4 is 0 Å². The van der Waals surface area contributed by atoms with E-state index in [-0.39, 0.29) is 0 Å². The minimum Gasteiger partial charge on any atom is -0.360 e. The zero-order valence-corrected chi connectivity index (χ0v) is 9.49. The van der Waals surface area contributed by atoms with Crippen LogP contribution in [0.2, 0.25) is 0 Å². The zero-order chi connectivity index (χ0) is 10.8. The Bertz CT molecular complexity index is 335. The van der Waals surface area contributed by atoms with Crippen molar-refractivity contribution in [3.8, 4) is 0 Å². The highest BCUT2D eigenvalue weighted by atomic mass is 16.5. The Kier molecular flexibility index (Phi) is 3.07. The van der Waals surface area contributed by atoms with Gasteiger partial charge in [-0.3, -0.25) is 0 Å². The van der Waals surface area contributed by atoms with Gasteiger partial charge in [0, 0.05) is 24.6 Å². The van der Waals surface area contributed by atoms with Gasteiger partial charge in [-0.15, -0.1) is 0 Å². The van der Waals surface area contributed by atoms with Crippen LogP contribution in [0.4, 0.5) is 0 Å². The molecule has 1 aliphatic rings. The first kappa shape index (κ1) is 10.6. The van der Waals surface area contributed by atoms with Crippen molar-refractivity contribution in [1.29, 1.82) is 0 Å². The summed E-state index contributed by atoms with van der Waals surface area (Å²) in [5.41, 5.74) is 7.78. The van der Waals surface area contributed by atoms with Gasteiger partial charge in [0.05, 0.1) is 5.69 Å². The van der Waals surface area contributed by atoms with Crippen LogP contribution in [-0.4, -0.2) is 30.2 Å². The number of aryl methyl sites for hydroxylation is 1. The molecular formula is C11H19N3O.